The molecule has 2 heterocycles. The van der Waals surface area contributed by atoms with Gasteiger partial charge in [-0.2, -0.15) is 0 Å². The number of carbonyl (C=O) groups excluding carboxylic acids is 1. The summed E-state index contributed by atoms with van der Waals surface area (Å²) < 4.78 is 33.2. The third kappa shape index (κ3) is 3.87. The summed E-state index contributed by atoms with van der Waals surface area (Å²) in [5.74, 6) is -2.04. The second-order valence-electron chi connectivity index (χ2n) is 6.04. The molecule has 1 aliphatic rings. The van der Waals surface area contributed by atoms with Crippen LogP contribution in [-0.2, 0) is 4.74 Å². The number of aromatic nitrogens is 1. The van der Waals surface area contributed by atoms with Crippen LogP contribution in [0.25, 0.3) is 10.9 Å². The van der Waals surface area contributed by atoms with E-state index in [1.165, 1.54) is 6.07 Å². The summed E-state index contributed by atoms with van der Waals surface area (Å²) in [7, 11) is 0. The molecule has 0 unspecified atom stereocenters. The van der Waals surface area contributed by atoms with E-state index < -0.39 is 17.6 Å². The third-order valence-corrected chi connectivity index (χ3v) is 4.21. The van der Waals surface area contributed by atoms with Crippen LogP contribution in [0.2, 0.25) is 0 Å². The van der Waals surface area contributed by atoms with Crippen LogP contribution in [0.4, 0.5) is 14.5 Å². The Morgan fingerprint density at radius 2 is 2.04 bits per heavy atom. The Bertz CT molecular complexity index is 776. The van der Waals surface area contributed by atoms with Crippen molar-refractivity contribution in [2.45, 2.75) is 19.8 Å². The minimum absolute atomic E-state index is 0.0140. The number of anilines is 1. The van der Waals surface area contributed by atoms with E-state index in [0.29, 0.717) is 30.8 Å². The van der Waals surface area contributed by atoms with Gasteiger partial charge in [0.2, 0.25) is 0 Å². The van der Waals surface area contributed by atoms with E-state index in [1.807, 2.05) is 11.8 Å². The van der Waals surface area contributed by atoms with Crippen molar-refractivity contribution in [2.75, 3.05) is 37.7 Å². The van der Waals surface area contributed by atoms with Gasteiger partial charge in [0.25, 0.3) is 0 Å². The molecule has 1 N–H and O–H groups in total. The molecule has 25 heavy (non-hydrogen) atoms. The Hall–Kier alpha value is -2.28. The van der Waals surface area contributed by atoms with Crippen molar-refractivity contribution in [3.05, 3.63) is 35.5 Å². The van der Waals surface area contributed by atoms with Crippen LogP contribution in [0.3, 0.4) is 0 Å². The first-order valence-corrected chi connectivity index (χ1v) is 8.52. The fourth-order valence-electron chi connectivity index (χ4n) is 2.89. The fraction of sp³-hybridized carbons (Fsp3) is 0.444. The summed E-state index contributed by atoms with van der Waals surface area (Å²) in [5.41, 5.74) is 0.634. The first-order valence-electron chi connectivity index (χ1n) is 8.52. The van der Waals surface area contributed by atoms with E-state index in [4.69, 9.17) is 4.74 Å². The molecule has 0 spiro atoms. The molecule has 0 amide bonds. The number of hydrogen-bond acceptors (Lipinski definition) is 5. The van der Waals surface area contributed by atoms with Crippen molar-refractivity contribution < 1.29 is 18.3 Å². The molecular weight excluding hydrogens is 328 g/mol. The first kappa shape index (κ1) is 17.5. The molecule has 1 aromatic carbocycles. The maximum atomic E-state index is 14.3. The van der Waals surface area contributed by atoms with E-state index in [1.54, 1.807) is 6.07 Å². The van der Waals surface area contributed by atoms with Crippen molar-refractivity contribution >= 4 is 22.6 Å². The maximum absolute atomic E-state index is 14.3. The lowest BCUT2D eigenvalue weighted by Gasteiger charge is -2.30. The SMILES string of the molecule is CCCCOC(=O)c1cc(N2CCNCC2)c2cc(F)cc(F)c2n1. The molecule has 1 saturated heterocycles. The Morgan fingerprint density at radius 3 is 2.76 bits per heavy atom. The summed E-state index contributed by atoms with van der Waals surface area (Å²) >= 11 is 0. The summed E-state index contributed by atoms with van der Waals surface area (Å²) in [6.45, 7) is 5.18. The molecule has 0 saturated carbocycles. The van der Waals surface area contributed by atoms with Crippen LogP contribution in [0.5, 0.6) is 0 Å². The van der Waals surface area contributed by atoms with E-state index in [9.17, 15) is 13.6 Å². The van der Waals surface area contributed by atoms with E-state index in [-0.39, 0.29) is 11.2 Å². The number of fused-ring (bicyclic) bond motifs is 1. The number of pyridine rings is 1. The van der Waals surface area contributed by atoms with Gasteiger partial charge in [0.05, 0.1) is 6.61 Å². The van der Waals surface area contributed by atoms with E-state index >= 15 is 0 Å². The van der Waals surface area contributed by atoms with Crippen LogP contribution < -0.4 is 10.2 Å². The highest BCUT2D eigenvalue weighted by molar-refractivity contribution is 5.98. The highest BCUT2D eigenvalue weighted by atomic mass is 19.1. The molecule has 7 heteroatoms. The zero-order valence-corrected chi connectivity index (χ0v) is 14.1. The summed E-state index contributed by atoms with van der Waals surface area (Å²) in [6.07, 6.45) is 1.65. The molecule has 0 bridgehead atoms. The number of rotatable bonds is 5. The number of nitrogens with one attached hydrogen (secondary N) is 1. The largest absolute Gasteiger partial charge is 0.461 e. The van der Waals surface area contributed by atoms with Gasteiger partial charge in [-0.15, -0.1) is 0 Å². The highest BCUT2D eigenvalue weighted by Gasteiger charge is 2.21. The van der Waals surface area contributed by atoms with E-state index in [2.05, 4.69) is 10.3 Å². The van der Waals surface area contributed by atoms with Gasteiger partial charge < -0.3 is 15.0 Å². The van der Waals surface area contributed by atoms with Crippen LogP contribution in [0, 0.1) is 11.6 Å². The number of carbonyl (C=O) groups is 1. The zero-order chi connectivity index (χ0) is 17.8. The number of hydrogen-bond donors (Lipinski definition) is 1. The smallest absolute Gasteiger partial charge is 0.357 e. The molecule has 1 fully saturated rings. The average Bonchev–Trinajstić information content (AvgIpc) is 2.62. The summed E-state index contributed by atoms with van der Waals surface area (Å²) in [6, 6.07) is 3.61. The maximum Gasteiger partial charge on any atom is 0.357 e. The van der Waals surface area contributed by atoms with Gasteiger partial charge in [0.1, 0.15) is 11.3 Å². The number of unbranched alkanes of at least 4 members (excludes halogenated alkanes) is 1. The van der Waals surface area contributed by atoms with Crippen molar-refractivity contribution in [1.82, 2.24) is 10.3 Å². The lowest BCUT2D eigenvalue weighted by atomic mass is 10.1. The van der Waals surface area contributed by atoms with Gasteiger partial charge in [-0.25, -0.2) is 18.6 Å². The number of halogens is 2. The quantitative estimate of drug-likeness (QED) is 0.664. The molecule has 3 rings (SSSR count). The fourth-order valence-corrected chi connectivity index (χ4v) is 2.89. The van der Waals surface area contributed by atoms with Gasteiger partial charge >= 0.3 is 5.97 Å². The van der Waals surface area contributed by atoms with Gasteiger partial charge in [0, 0.05) is 43.3 Å². The van der Waals surface area contributed by atoms with Crippen molar-refractivity contribution in [3.8, 4) is 0 Å². The molecule has 2 aromatic rings. The molecule has 0 atom stereocenters. The molecule has 1 aliphatic heterocycles. The number of ether oxygens (including phenoxy) is 1. The standard InChI is InChI=1S/C18H21F2N3O2/c1-2-3-8-25-18(24)15-11-16(23-6-4-21-5-7-23)13-9-12(19)10-14(20)17(13)22-15/h9-11,21H,2-8H2,1H3. The monoisotopic (exact) mass is 349 g/mol. The number of piperazine rings is 1. The van der Waals surface area contributed by atoms with Crippen molar-refractivity contribution in [2.24, 2.45) is 0 Å². The Balaban J connectivity index is 2.05. The van der Waals surface area contributed by atoms with Crippen LogP contribution in [0.1, 0.15) is 30.3 Å². The van der Waals surface area contributed by atoms with Gasteiger partial charge in [-0.3, -0.25) is 0 Å². The number of esters is 1. The predicted octanol–water partition coefficient (Wildman–Crippen LogP) is 2.88. The molecule has 5 nitrogen and oxygen atoms in total. The van der Waals surface area contributed by atoms with Gasteiger partial charge in [-0.1, -0.05) is 13.3 Å². The minimum atomic E-state index is -0.783. The molecule has 134 valence electrons. The topological polar surface area (TPSA) is 54.5 Å². The van der Waals surface area contributed by atoms with Crippen molar-refractivity contribution in [1.29, 1.82) is 0 Å². The van der Waals surface area contributed by atoms with Gasteiger partial charge in [0.15, 0.2) is 11.5 Å². The second kappa shape index (κ2) is 7.74. The Kier molecular flexibility index (Phi) is 5.43. The molecule has 0 aliphatic carbocycles. The first-order chi connectivity index (χ1) is 12.1. The lowest BCUT2D eigenvalue weighted by Crippen LogP contribution is -2.43. The van der Waals surface area contributed by atoms with Crippen molar-refractivity contribution in [3.63, 3.8) is 0 Å². The minimum Gasteiger partial charge on any atom is -0.461 e. The van der Waals surface area contributed by atoms with Crippen LogP contribution >= 0.6 is 0 Å². The average molecular weight is 349 g/mol. The highest BCUT2D eigenvalue weighted by Crippen LogP contribution is 2.30. The number of nitrogens with zero attached hydrogens (tertiary/aromatic N) is 2. The number of benzene rings is 1. The molecule has 1 aromatic heterocycles. The lowest BCUT2D eigenvalue weighted by molar-refractivity contribution is 0.0493. The van der Waals surface area contributed by atoms with E-state index in [0.717, 1.165) is 32.0 Å². The predicted molar refractivity (Wildman–Crippen MR) is 91.9 cm³/mol. The Morgan fingerprint density at radius 1 is 1.28 bits per heavy atom. The van der Waals surface area contributed by atoms with Gasteiger partial charge in [-0.05, 0) is 18.6 Å². The molecule has 0 radical (unpaired) electrons. The molecular formula is C18H21F2N3O2. The summed E-state index contributed by atoms with van der Waals surface area (Å²) in [5, 5.41) is 3.60. The zero-order valence-electron chi connectivity index (χ0n) is 14.1. The van der Waals surface area contributed by atoms with Crippen LogP contribution in [-0.4, -0.2) is 43.7 Å². The summed E-state index contributed by atoms with van der Waals surface area (Å²) in [4.78, 5) is 18.4. The third-order valence-electron chi connectivity index (χ3n) is 4.21. The normalized spacial score (nSPS) is 14.8. The van der Waals surface area contributed by atoms with Crippen LogP contribution in [0.15, 0.2) is 18.2 Å². The Labute approximate surface area is 145 Å². The second-order valence-corrected chi connectivity index (χ2v) is 6.04.